The zero-order valence-electron chi connectivity index (χ0n) is 12.3. The van der Waals surface area contributed by atoms with Gasteiger partial charge in [0, 0.05) is 24.8 Å². The second kappa shape index (κ2) is 5.32. The number of hydrogen-bond donors (Lipinski definition) is 0. The van der Waals surface area contributed by atoms with Gasteiger partial charge >= 0.3 is 0 Å². The van der Waals surface area contributed by atoms with Crippen molar-refractivity contribution in [3.05, 3.63) is 41.8 Å². The lowest BCUT2D eigenvalue weighted by atomic mass is 10.2. The number of aromatic nitrogens is 2. The topological polar surface area (TPSA) is 41.5 Å². The largest absolute Gasteiger partial charge is 0.491 e. The molecule has 5 nitrogen and oxygen atoms in total. The molecule has 2 atom stereocenters. The summed E-state index contributed by atoms with van der Waals surface area (Å²) in [5.74, 6) is 1.49. The van der Waals surface area contributed by atoms with Crippen molar-refractivity contribution in [1.29, 1.82) is 0 Å². The van der Waals surface area contributed by atoms with E-state index in [0.29, 0.717) is 17.8 Å². The zero-order valence-corrected chi connectivity index (χ0v) is 13.1. The monoisotopic (exact) mass is 316 g/mol. The van der Waals surface area contributed by atoms with E-state index < -0.39 is 0 Å². The van der Waals surface area contributed by atoms with Crippen LogP contribution in [0, 0.1) is 0 Å². The molecule has 0 radical (unpaired) electrons. The fourth-order valence-electron chi connectivity index (χ4n) is 3.55. The Morgan fingerprint density at radius 3 is 2.55 bits per heavy atom. The van der Waals surface area contributed by atoms with Crippen LogP contribution in [0.4, 0.5) is 11.5 Å². The van der Waals surface area contributed by atoms with Gasteiger partial charge < -0.3 is 14.5 Å². The van der Waals surface area contributed by atoms with Crippen LogP contribution in [-0.4, -0.2) is 42.3 Å². The van der Waals surface area contributed by atoms with E-state index in [1.54, 1.807) is 13.3 Å². The second-order valence-electron chi connectivity index (χ2n) is 5.71. The Bertz CT molecular complexity index is 681. The second-order valence-corrected chi connectivity index (χ2v) is 6.05. The molecular weight excluding hydrogens is 300 g/mol. The summed E-state index contributed by atoms with van der Waals surface area (Å²) in [7, 11) is 1.64. The molecule has 1 aromatic heterocycles. The molecule has 0 aliphatic carbocycles. The number of para-hydroxylation sites is 1. The molecule has 22 heavy (non-hydrogen) atoms. The molecule has 2 unspecified atom stereocenters. The van der Waals surface area contributed by atoms with Gasteiger partial charge in [-0.1, -0.05) is 18.2 Å². The highest BCUT2D eigenvalue weighted by atomic mass is 35.5. The average Bonchev–Trinajstić information content (AvgIpc) is 3.16. The van der Waals surface area contributed by atoms with Gasteiger partial charge in [0.25, 0.3) is 0 Å². The molecule has 2 bridgehead atoms. The highest BCUT2D eigenvalue weighted by Gasteiger charge is 2.44. The molecule has 114 valence electrons. The molecule has 0 saturated carbocycles. The maximum atomic E-state index is 5.96. The van der Waals surface area contributed by atoms with E-state index in [9.17, 15) is 0 Å². The minimum Gasteiger partial charge on any atom is -0.491 e. The molecule has 2 saturated heterocycles. The fourth-order valence-corrected chi connectivity index (χ4v) is 3.68. The highest BCUT2D eigenvalue weighted by molar-refractivity contribution is 6.28. The standard InChI is InChI=1S/C16H17ClN4O/c1-22-14-8-18-16(17)19-15(14)21-10-12-7-13(21)9-20(12)11-5-3-2-4-6-11/h2-6,8,12-13H,7,9-10H2,1H3. The maximum Gasteiger partial charge on any atom is 0.224 e. The van der Waals surface area contributed by atoms with Crippen molar-refractivity contribution >= 4 is 23.1 Å². The molecule has 4 rings (SSSR count). The van der Waals surface area contributed by atoms with E-state index in [0.717, 1.165) is 25.3 Å². The number of anilines is 2. The van der Waals surface area contributed by atoms with Gasteiger partial charge in [-0.3, -0.25) is 0 Å². The lowest BCUT2D eigenvalue weighted by molar-refractivity contribution is 0.409. The number of methoxy groups -OCH3 is 1. The summed E-state index contributed by atoms with van der Waals surface area (Å²) >= 11 is 5.96. The zero-order chi connectivity index (χ0) is 15.1. The first-order valence-corrected chi connectivity index (χ1v) is 7.79. The van der Waals surface area contributed by atoms with Gasteiger partial charge in [-0.25, -0.2) is 4.98 Å². The van der Waals surface area contributed by atoms with Crippen LogP contribution in [0.15, 0.2) is 36.5 Å². The molecule has 3 heterocycles. The van der Waals surface area contributed by atoms with Crippen molar-refractivity contribution in [2.24, 2.45) is 0 Å². The van der Waals surface area contributed by atoms with Gasteiger partial charge in [-0.2, -0.15) is 4.98 Å². The smallest absolute Gasteiger partial charge is 0.224 e. The molecule has 0 N–H and O–H groups in total. The van der Waals surface area contributed by atoms with E-state index in [2.05, 4.69) is 50.1 Å². The average molecular weight is 317 g/mol. The molecule has 0 amide bonds. The van der Waals surface area contributed by atoms with Gasteiger partial charge in [0.2, 0.25) is 5.28 Å². The summed E-state index contributed by atoms with van der Waals surface area (Å²) < 4.78 is 5.39. The van der Waals surface area contributed by atoms with Crippen LogP contribution in [0.3, 0.4) is 0 Å². The van der Waals surface area contributed by atoms with E-state index in [1.165, 1.54) is 5.69 Å². The third-order valence-corrected chi connectivity index (χ3v) is 4.71. The molecule has 2 aliphatic rings. The van der Waals surface area contributed by atoms with Gasteiger partial charge in [0.15, 0.2) is 11.6 Å². The van der Waals surface area contributed by atoms with Gasteiger partial charge in [0.1, 0.15) is 0 Å². The number of halogens is 1. The predicted molar refractivity (Wildman–Crippen MR) is 86.9 cm³/mol. The molecule has 2 fully saturated rings. The number of ether oxygens (including phenoxy) is 1. The number of benzene rings is 1. The highest BCUT2D eigenvalue weighted by Crippen LogP contribution is 2.39. The quantitative estimate of drug-likeness (QED) is 0.814. The van der Waals surface area contributed by atoms with Crippen LogP contribution in [0.25, 0.3) is 0 Å². The van der Waals surface area contributed by atoms with E-state index in [4.69, 9.17) is 16.3 Å². The molecular formula is C16H17ClN4O. The lowest BCUT2D eigenvalue weighted by Gasteiger charge is -2.36. The van der Waals surface area contributed by atoms with Crippen molar-refractivity contribution in [2.75, 3.05) is 30.0 Å². The van der Waals surface area contributed by atoms with Crippen molar-refractivity contribution in [2.45, 2.75) is 18.5 Å². The lowest BCUT2D eigenvalue weighted by Crippen LogP contribution is -2.47. The third kappa shape index (κ3) is 2.16. The summed E-state index contributed by atoms with van der Waals surface area (Å²) in [6.07, 6.45) is 2.78. The Morgan fingerprint density at radius 1 is 1.14 bits per heavy atom. The number of rotatable bonds is 3. The first-order valence-electron chi connectivity index (χ1n) is 7.41. The number of hydrogen-bond acceptors (Lipinski definition) is 5. The van der Waals surface area contributed by atoms with Crippen molar-refractivity contribution in [3.63, 3.8) is 0 Å². The molecule has 0 spiro atoms. The Hall–Kier alpha value is -2.01. The van der Waals surface area contributed by atoms with Crippen LogP contribution >= 0.6 is 11.6 Å². The van der Waals surface area contributed by atoms with Crippen molar-refractivity contribution in [1.82, 2.24) is 9.97 Å². The first kappa shape index (κ1) is 13.6. The van der Waals surface area contributed by atoms with E-state index in [-0.39, 0.29) is 5.28 Å². The summed E-state index contributed by atoms with van der Waals surface area (Å²) in [6, 6.07) is 11.5. The minimum atomic E-state index is 0.262. The number of nitrogens with zero attached hydrogens (tertiary/aromatic N) is 4. The molecule has 2 aliphatic heterocycles. The number of fused-ring (bicyclic) bond motifs is 2. The maximum absolute atomic E-state index is 5.96. The normalized spacial score (nSPS) is 23.2. The van der Waals surface area contributed by atoms with Crippen LogP contribution in [0.2, 0.25) is 5.28 Å². The fraction of sp³-hybridized carbons (Fsp3) is 0.375. The van der Waals surface area contributed by atoms with Crippen LogP contribution < -0.4 is 14.5 Å². The van der Waals surface area contributed by atoms with Gasteiger partial charge in [0.05, 0.1) is 19.3 Å². The Labute approximate surface area is 134 Å². The summed E-state index contributed by atoms with van der Waals surface area (Å²) in [5, 5.41) is 0.262. The minimum absolute atomic E-state index is 0.262. The summed E-state index contributed by atoms with van der Waals surface area (Å²) in [5.41, 5.74) is 1.29. The summed E-state index contributed by atoms with van der Waals surface area (Å²) in [6.45, 7) is 1.93. The Balaban J connectivity index is 1.59. The Morgan fingerprint density at radius 2 is 1.86 bits per heavy atom. The van der Waals surface area contributed by atoms with Gasteiger partial charge in [-0.15, -0.1) is 0 Å². The third-order valence-electron chi connectivity index (χ3n) is 4.53. The first-order chi connectivity index (χ1) is 10.8. The summed E-state index contributed by atoms with van der Waals surface area (Å²) in [4.78, 5) is 13.2. The molecule has 2 aromatic rings. The Kier molecular flexibility index (Phi) is 3.30. The molecule has 1 aromatic carbocycles. The van der Waals surface area contributed by atoms with Crippen LogP contribution in [0.1, 0.15) is 6.42 Å². The SMILES string of the molecule is COc1cnc(Cl)nc1N1CC2CC1CN2c1ccccc1. The predicted octanol–water partition coefficient (Wildman–Crippen LogP) is 2.61. The van der Waals surface area contributed by atoms with Crippen molar-refractivity contribution in [3.8, 4) is 5.75 Å². The van der Waals surface area contributed by atoms with E-state index in [1.807, 2.05) is 0 Å². The van der Waals surface area contributed by atoms with Gasteiger partial charge in [-0.05, 0) is 30.2 Å². The van der Waals surface area contributed by atoms with Crippen LogP contribution in [-0.2, 0) is 0 Å². The van der Waals surface area contributed by atoms with E-state index >= 15 is 0 Å². The van der Waals surface area contributed by atoms with Crippen molar-refractivity contribution < 1.29 is 4.74 Å². The number of piperazine rings is 1. The molecule has 6 heteroatoms. The van der Waals surface area contributed by atoms with Crippen LogP contribution in [0.5, 0.6) is 5.75 Å².